The molecule has 3 nitrogen and oxygen atoms in total. The molecule has 0 atom stereocenters. The van der Waals surface area contributed by atoms with Crippen LogP contribution in [-0.2, 0) is 0 Å². The molecule has 0 saturated carbocycles. The Morgan fingerprint density at radius 2 is 1.83 bits per heavy atom. The number of anilines is 1. The van der Waals surface area contributed by atoms with Crippen LogP contribution in [0.15, 0.2) is 24.3 Å². The van der Waals surface area contributed by atoms with Gasteiger partial charge in [0.15, 0.2) is 5.11 Å². The molecule has 0 spiro atoms. The van der Waals surface area contributed by atoms with Crippen LogP contribution in [0.1, 0.15) is 6.92 Å². The highest BCUT2D eigenvalue weighted by molar-refractivity contribution is 7.80. The molecule has 0 unspecified atom stereocenters. The summed E-state index contributed by atoms with van der Waals surface area (Å²) in [5.74, 6) is -0.189. The first-order chi connectivity index (χ1) is 8.70. The fourth-order valence-electron chi connectivity index (χ4n) is 2.08. The molecule has 1 heterocycles. The molecule has 0 radical (unpaired) electrons. The van der Waals surface area contributed by atoms with Gasteiger partial charge in [-0.05, 0) is 43.4 Å². The van der Waals surface area contributed by atoms with Crippen molar-refractivity contribution in [1.29, 1.82) is 0 Å². The van der Waals surface area contributed by atoms with E-state index in [2.05, 4.69) is 15.1 Å². The topological polar surface area (TPSA) is 18.5 Å². The fourth-order valence-corrected chi connectivity index (χ4v) is 2.41. The average molecular weight is 267 g/mol. The van der Waals surface area contributed by atoms with Crippen LogP contribution >= 0.6 is 12.2 Å². The first-order valence-corrected chi connectivity index (χ1v) is 6.65. The molecular formula is C13H18FN3S. The summed E-state index contributed by atoms with van der Waals surface area (Å²) in [7, 11) is 0. The molecule has 5 heteroatoms. The lowest BCUT2D eigenvalue weighted by molar-refractivity contribution is 0.381. The van der Waals surface area contributed by atoms with E-state index in [1.54, 1.807) is 0 Å². The van der Waals surface area contributed by atoms with Gasteiger partial charge in [0.25, 0.3) is 0 Å². The number of rotatable bonds is 2. The normalized spacial score (nSPS) is 15.7. The molecule has 1 aliphatic rings. The number of thiocarbonyl (C=S) groups is 1. The number of hydrogen-bond donors (Lipinski definition) is 1. The van der Waals surface area contributed by atoms with E-state index in [0.29, 0.717) is 0 Å². The van der Waals surface area contributed by atoms with E-state index in [4.69, 9.17) is 12.2 Å². The van der Waals surface area contributed by atoms with Crippen molar-refractivity contribution in [1.82, 2.24) is 10.2 Å². The van der Waals surface area contributed by atoms with Crippen molar-refractivity contribution >= 4 is 23.0 Å². The minimum Gasteiger partial charge on any atom is -0.368 e. The molecule has 0 aliphatic carbocycles. The minimum atomic E-state index is -0.189. The van der Waals surface area contributed by atoms with Crippen molar-refractivity contribution in [2.75, 3.05) is 37.6 Å². The van der Waals surface area contributed by atoms with E-state index in [1.807, 2.05) is 19.1 Å². The Labute approximate surface area is 113 Å². The van der Waals surface area contributed by atoms with Crippen LogP contribution < -0.4 is 10.2 Å². The van der Waals surface area contributed by atoms with Gasteiger partial charge in [0, 0.05) is 38.4 Å². The van der Waals surface area contributed by atoms with Crippen molar-refractivity contribution in [3.8, 4) is 0 Å². The summed E-state index contributed by atoms with van der Waals surface area (Å²) in [6.07, 6.45) is 0. The number of nitrogens with zero attached hydrogens (tertiary/aromatic N) is 2. The average Bonchev–Trinajstić information content (AvgIpc) is 2.40. The van der Waals surface area contributed by atoms with E-state index in [-0.39, 0.29) is 5.82 Å². The zero-order valence-electron chi connectivity index (χ0n) is 10.5. The van der Waals surface area contributed by atoms with Gasteiger partial charge < -0.3 is 15.1 Å². The van der Waals surface area contributed by atoms with Crippen LogP contribution in [0.25, 0.3) is 0 Å². The Balaban J connectivity index is 1.90. The van der Waals surface area contributed by atoms with E-state index >= 15 is 0 Å². The lowest BCUT2D eigenvalue weighted by Crippen LogP contribution is -2.51. The van der Waals surface area contributed by atoms with Gasteiger partial charge in [-0.25, -0.2) is 4.39 Å². The molecule has 1 aromatic rings. The highest BCUT2D eigenvalue weighted by Gasteiger charge is 2.18. The molecule has 98 valence electrons. The highest BCUT2D eigenvalue weighted by Crippen LogP contribution is 2.16. The molecule has 1 saturated heterocycles. The maximum atomic E-state index is 12.9. The minimum absolute atomic E-state index is 0.189. The molecule has 0 aromatic heterocycles. The molecule has 0 bridgehead atoms. The lowest BCUT2D eigenvalue weighted by atomic mass is 10.2. The third-order valence-electron chi connectivity index (χ3n) is 3.09. The van der Waals surface area contributed by atoms with Crippen molar-refractivity contribution in [3.05, 3.63) is 30.1 Å². The van der Waals surface area contributed by atoms with Gasteiger partial charge >= 0.3 is 0 Å². The monoisotopic (exact) mass is 267 g/mol. The molecular weight excluding hydrogens is 249 g/mol. The summed E-state index contributed by atoms with van der Waals surface area (Å²) in [4.78, 5) is 4.43. The highest BCUT2D eigenvalue weighted by atomic mass is 32.1. The third kappa shape index (κ3) is 3.10. The summed E-state index contributed by atoms with van der Waals surface area (Å²) >= 11 is 5.29. The Morgan fingerprint density at radius 1 is 1.22 bits per heavy atom. The molecule has 2 rings (SSSR count). The van der Waals surface area contributed by atoms with Gasteiger partial charge in [-0.3, -0.25) is 0 Å². The summed E-state index contributed by atoms with van der Waals surface area (Å²) in [6, 6.07) is 6.66. The predicted octanol–water partition coefficient (Wildman–Crippen LogP) is 1.84. The van der Waals surface area contributed by atoms with Crippen molar-refractivity contribution in [3.63, 3.8) is 0 Å². The summed E-state index contributed by atoms with van der Waals surface area (Å²) in [6.45, 7) is 6.54. The second-order valence-electron chi connectivity index (χ2n) is 4.29. The van der Waals surface area contributed by atoms with Crippen LogP contribution in [-0.4, -0.2) is 42.7 Å². The Bertz CT molecular complexity index is 399. The zero-order chi connectivity index (χ0) is 13.0. The van der Waals surface area contributed by atoms with Crippen molar-refractivity contribution < 1.29 is 4.39 Å². The van der Waals surface area contributed by atoms with Crippen LogP contribution in [0.2, 0.25) is 0 Å². The second-order valence-corrected chi connectivity index (χ2v) is 4.67. The van der Waals surface area contributed by atoms with E-state index < -0.39 is 0 Å². The first kappa shape index (κ1) is 13.1. The smallest absolute Gasteiger partial charge is 0.169 e. The Hall–Kier alpha value is -1.36. The van der Waals surface area contributed by atoms with E-state index in [9.17, 15) is 4.39 Å². The van der Waals surface area contributed by atoms with Crippen LogP contribution in [0.3, 0.4) is 0 Å². The Morgan fingerprint density at radius 3 is 2.39 bits per heavy atom. The number of halogens is 1. The third-order valence-corrected chi connectivity index (χ3v) is 3.49. The van der Waals surface area contributed by atoms with E-state index in [1.165, 1.54) is 12.1 Å². The number of piperazine rings is 1. The largest absolute Gasteiger partial charge is 0.368 e. The fraction of sp³-hybridized carbons (Fsp3) is 0.462. The Kier molecular flexibility index (Phi) is 4.36. The van der Waals surface area contributed by atoms with Gasteiger partial charge in [0.05, 0.1) is 0 Å². The summed E-state index contributed by atoms with van der Waals surface area (Å²) < 4.78 is 12.9. The van der Waals surface area contributed by atoms with Gasteiger partial charge in [0.1, 0.15) is 5.82 Å². The van der Waals surface area contributed by atoms with Crippen molar-refractivity contribution in [2.45, 2.75) is 6.92 Å². The number of benzene rings is 1. The predicted molar refractivity (Wildman–Crippen MR) is 76.5 cm³/mol. The molecule has 1 aliphatic heterocycles. The quantitative estimate of drug-likeness (QED) is 0.824. The van der Waals surface area contributed by atoms with Crippen LogP contribution in [0, 0.1) is 5.82 Å². The maximum Gasteiger partial charge on any atom is 0.169 e. The van der Waals surface area contributed by atoms with Crippen LogP contribution in [0.4, 0.5) is 10.1 Å². The molecule has 0 amide bonds. The van der Waals surface area contributed by atoms with Gasteiger partial charge in [-0.15, -0.1) is 0 Å². The van der Waals surface area contributed by atoms with Gasteiger partial charge in [-0.2, -0.15) is 0 Å². The van der Waals surface area contributed by atoms with Gasteiger partial charge in [0.2, 0.25) is 0 Å². The van der Waals surface area contributed by atoms with E-state index in [0.717, 1.165) is 43.5 Å². The van der Waals surface area contributed by atoms with Crippen LogP contribution in [0.5, 0.6) is 0 Å². The number of nitrogens with one attached hydrogen (secondary N) is 1. The maximum absolute atomic E-state index is 12.9. The molecule has 1 N–H and O–H groups in total. The first-order valence-electron chi connectivity index (χ1n) is 6.24. The molecule has 18 heavy (non-hydrogen) atoms. The van der Waals surface area contributed by atoms with Gasteiger partial charge in [-0.1, -0.05) is 0 Å². The summed E-state index contributed by atoms with van der Waals surface area (Å²) in [5, 5.41) is 4.00. The molecule has 1 aromatic carbocycles. The van der Waals surface area contributed by atoms with Crippen molar-refractivity contribution in [2.24, 2.45) is 0 Å². The number of hydrogen-bond acceptors (Lipinski definition) is 2. The SMILES string of the molecule is CCNC(=S)N1CCN(c2ccc(F)cc2)CC1. The molecule has 1 fully saturated rings. The second kappa shape index (κ2) is 6.00. The lowest BCUT2D eigenvalue weighted by Gasteiger charge is -2.37. The zero-order valence-corrected chi connectivity index (χ0v) is 11.3. The summed E-state index contributed by atoms with van der Waals surface area (Å²) in [5.41, 5.74) is 1.07. The standard InChI is InChI=1S/C13H18FN3S/c1-2-15-13(18)17-9-7-16(8-10-17)12-5-3-11(14)4-6-12/h3-6H,2,7-10H2,1H3,(H,15,18).